The molecule has 0 spiro atoms. The smallest absolute Gasteiger partial charge is 0.229 e. The summed E-state index contributed by atoms with van der Waals surface area (Å²) in [6, 6.07) is 15.5. The van der Waals surface area contributed by atoms with Gasteiger partial charge in [-0.1, -0.05) is 24.3 Å². The average molecular weight is 340 g/mol. The fourth-order valence-corrected chi connectivity index (χ4v) is 3.46. The van der Waals surface area contributed by atoms with E-state index in [1.165, 1.54) is 0 Å². The monoisotopic (exact) mass is 340 g/mol. The van der Waals surface area contributed by atoms with Crippen LogP contribution in [0, 0.1) is 12.8 Å². The van der Waals surface area contributed by atoms with Crippen molar-refractivity contribution in [2.45, 2.75) is 18.2 Å². The van der Waals surface area contributed by atoms with Gasteiger partial charge in [0.05, 0.1) is 11.6 Å². The van der Waals surface area contributed by atoms with E-state index in [9.17, 15) is 9.59 Å². The van der Waals surface area contributed by atoms with Crippen LogP contribution in [0.3, 0.4) is 0 Å². The van der Waals surface area contributed by atoms with Gasteiger partial charge in [0.2, 0.25) is 11.8 Å². The third-order valence-corrected chi connectivity index (χ3v) is 4.97. The van der Waals surface area contributed by atoms with E-state index >= 15 is 0 Å². The molecular weight excluding hydrogens is 320 g/mol. The number of anilines is 2. The van der Waals surface area contributed by atoms with E-state index in [4.69, 9.17) is 0 Å². The van der Waals surface area contributed by atoms with Gasteiger partial charge in [0.1, 0.15) is 0 Å². The van der Waals surface area contributed by atoms with Gasteiger partial charge in [0.25, 0.3) is 0 Å². The van der Waals surface area contributed by atoms with Gasteiger partial charge in [-0.15, -0.1) is 11.8 Å². The Kier molecular flexibility index (Phi) is 4.90. The van der Waals surface area contributed by atoms with Crippen LogP contribution < -0.4 is 10.2 Å². The number of amides is 2. The molecule has 2 aromatic rings. The van der Waals surface area contributed by atoms with E-state index in [-0.39, 0.29) is 24.2 Å². The lowest BCUT2D eigenvalue weighted by atomic mass is 10.1. The molecule has 0 saturated carbocycles. The van der Waals surface area contributed by atoms with E-state index < -0.39 is 0 Å². The normalized spacial score (nSPS) is 17.2. The molecule has 4 nitrogen and oxygen atoms in total. The lowest BCUT2D eigenvalue weighted by molar-refractivity contribution is -0.122. The van der Waals surface area contributed by atoms with Gasteiger partial charge in [0.15, 0.2) is 0 Å². The van der Waals surface area contributed by atoms with E-state index in [1.54, 1.807) is 16.7 Å². The molecule has 0 unspecified atom stereocenters. The second kappa shape index (κ2) is 7.09. The fraction of sp³-hybridized carbons (Fsp3) is 0.263. The lowest BCUT2D eigenvalue weighted by Crippen LogP contribution is -2.28. The summed E-state index contributed by atoms with van der Waals surface area (Å²) in [6.45, 7) is 2.42. The number of hydrogen-bond acceptors (Lipinski definition) is 3. The maximum atomic E-state index is 12.6. The molecule has 1 saturated heterocycles. The standard InChI is InChI=1S/C19H20N2O2S/c1-13-6-5-7-15(10-13)21-12-14(11-18(21)22)19(23)20-16-8-3-4-9-17(16)24-2/h3-10,14H,11-12H2,1-2H3,(H,20,23)/t14-/m1/s1. The second-order valence-corrected chi connectivity index (χ2v) is 6.78. The van der Waals surface area contributed by atoms with Gasteiger partial charge >= 0.3 is 0 Å². The van der Waals surface area contributed by atoms with Crippen molar-refractivity contribution in [2.75, 3.05) is 23.0 Å². The Balaban J connectivity index is 1.72. The number of carbonyl (C=O) groups is 2. The molecule has 1 aliphatic rings. The first-order valence-corrected chi connectivity index (χ1v) is 9.12. The maximum absolute atomic E-state index is 12.6. The molecule has 1 N–H and O–H groups in total. The number of rotatable bonds is 4. The number of aryl methyl sites for hydroxylation is 1. The van der Waals surface area contributed by atoms with Crippen LogP contribution in [0.1, 0.15) is 12.0 Å². The Morgan fingerprint density at radius 3 is 2.75 bits per heavy atom. The van der Waals surface area contributed by atoms with E-state index in [0.29, 0.717) is 6.54 Å². The first-order valence-electron chi connectivity index (χ1n) is 7.89. The van der Waals surface area contributed by atoms with Crippen LogP contribution in [-0.2, 0) is 9.59 Å². The maximum Gasteiger partial charge on any atom is 0.229 e. The summed E-state index contributed by atoms with van der Waals surface area (Å²) in [7, 11) is 0. The molecule has 2 aromatic carbocycles. The van der Waals surface area contributed by atoms with Crippen LogP contribution in [0.25, 0.3) is 0 Å². The molecule has 1 aliphatic heterocycles. The summed E-state index contributed by atoms with van der Waals surface area (Å²) >= 11 is 1.59. The zero-order chi connectivity index (χ0) is 17.1. The Morgan fingerprint density at radius 1 is 1.21 bits per heavy atom. The van der Waals surface area contributed by atoms with Crippen molar-refractivity contribution in [2.24, 2.45) is 5.92 Å². The highest BCUT2D eigenvalue weighted by Crippen LogP contribution is 2.29. The number of thioether (sulfide) groups is 1. The van der Waals surface area contributed by atoms with Crippen LogP contribution in [0.4, 0.5) is 11.4 Å². The van der Waals surface area contributed by atoms with Crippen LogP contribution in [0.2, 0.25) is 0 Å². The third kappa shape index (κ3) is 3.46. The Labute approximate surface area is 146 Å². The molecule has 2 amide bonds. The topological polar surface area (TPSA) is 49.4 Å². The van der Waals surface area contributed by atoms with Gasteiger partial charge in [-0.2, -0.15) is 0 Å². The Morgan fingerprint density at radius 2 is 2.00 bits per heavy atom. The molecule has 0 aromatic heterocycles. The van der Waals surface area contributed by atoms with Gasteiger partial charge in [0, 0.05) is 23.5 Å². The van der Waals surface area contributed by atoms with E-state index in [0.717, 1.165) is 21.8 Å². The summed E-state index contributed by atoms with van der Waals surface area (Å²) < 4.78 is 0. The van der Waals surface area contributed by atoms with E-state index in [2.05, 4.69) is 5.32 Å². The van der Waals surface area contributed by atoms with Crippen molar-refractivity contribution in [1.82, 2.24) is 0 Å². The van der Waals surface area contributed by atoms with Crippen LogP contribution in [-0.4, -0.2) is 24.6 Å². The highest BCUT2D eigenvalue weighted by molar-refractivity contribution is 7.98. The predicted molar refractivity (Wildman–Crippen MR) is 98.5 cm³/mol. The van der Waals surface area contributed by atoms with Crippen molar-refractivity contribution < 1.29 is 9.59 Å². The van der Waals surface area contributed by atoms with Crippen molar-refractivity contribution in [3.63, 3.8) is 0 Å². The number of nitrogens with one attached hydrogen (secondary N) is 1. The SMILES string of the molecule is CSc1ccccc1NC(=O)[C@@H]1CC(=O)N(c2cccc(C)c2)C1. The molecule has 1 heterocycles. The first-order chi connectivity index (χ1) is 11.6. The average Bonchev–Trinajstić information content (AvgIpc) is 2.97. The molecule has 3 rings (SSSR count). The highest BCUT2D eigenvalue weighted by Gasteiger charge is 2.35. The molecule has 124 valence electrons. The largest absolute Gasteiger partial charge is 0.325 e. The Bertz CT molecular complexity index is 775. The van der Waals surface area contributed by atoms with Crippen LogP contribution in [0.5, 0.6) is 0 Å². The van der Waals surface area contributed by atoms with Gasteiger partial charge < -0.3 is 10.2 Å². The molecular formula is C19H20N2O2S. The molecule has 0 aliphatic carbocycles. The second-order valence-electron chi connectivity index (χ2n) is 5.93. The molecule has 0 radical (unpaired) electrons. The molecule has 0 bridgehead atoms. The molecule has 1 fully saturated rings. The van der Waals surface area contributed by atoms with Crippen molar-refractivity contribution in [3.8, 4) is 0 Å². The van der Waals surface area contributed by atoms with E-state index in [1.807, 2.05) is 61.7 Å². The molecule has 1 atom stereocenters. The predicted octanol–water partition coefficient (Wildman–Crippen LogP) is 3.71. The van der Waals surface area contributed by atoms with Crippen molar-refractivity contribution in [1.29, 1.82) is 0 Å². The third-order valence-electron chi connectivity index (χ3n) is 4.17. The minimum absolute atomic E-state index is 0.00102. The van der Waals surface area contributed by atoms with Crippen molar-refractivity contribution >= 4 is 35.0 Å². The van der Waals surface area contributed by atoms with Gasteiger partial charge in [-0.25, -0.2) is 0 Å². The summed E-state index contributed by atoms with van der Waals surface area (Å²) in [5.74, 6) is -0.424. The molecule has 5 heteroatoms. The summed E-state index contributed by atoms with van der Waals surface area (Å²) in [6.07, 6.45) is 2.23. The molecule has 24 heavy (non-hydrogen) atoms. The van der Waals surface area contributed by atoms with Crippen LogP contribution >= 0.6 is 11.8 Å². The quantitative estimate of drug-likeness (QED) is 0.863. The number of hydrogen-bond donors (Lipinski definition) is 1. The highest BCUT2D eigenvalue weighted by atomic mass is 32.2. The number of nitrogens with zero attached hydrogens (tertiary/aromatic N) is 1. The fourth-order valence-electron chi connectivity index (χ4n) is 2.91. The first kappa shape index (κ1) is 16.6. The number of carbonyl (C=O) groups excluding carboxylic acids is 2. The lowest BCUT2D eigenvalue weighted by Gasteiger charge is -2.17. The summed E-state index contributed by atoms with van der Waals surface area (Å²) in [4.78, 5) is 27.6. The minimum atomic E-state index is -0.326. The summed E-state index contributed by atoms with van der Waals surface area (Å²) in [5.41, 5.74) is 2.76. The summed E-state index contributed by atoms with van der Waals surface area (Å²) in [5, 5.41) is 2.97. The van der Waals surface area contributed by atoms with Crippen LogP contribution in [0.15, 0.2) is 53.4 Å². The number of benzene rings is 2. The van der Waals surface area contributed by atoms with Gasteiger partial charge in [-0.05, 0) is 43.0 Å². The zero-order valence-corrected chi connectivity index (χ0v) is 14.6. The van der Waals surface area contributed by atoms with Crippen molar-refractivity contribution in [3.05, 3.63) is 54.1 Å². The van der Waals surface area contributed by atoms with Gasteiger partial charge in [-0.3, -0.25) is 9.59 Å². The number of para-hydroxylation sites is 1. The minimum Gasteiger partial charge on any atom is -0.325 e. The Hall–Kier alpha value is -2.27. The zero-order valence-electron chi connectivity index (χ0n) is 13.8.